The number of rotatable bonds is 2. The molecular formula is C15H25N3. The molecule has 3 nitrogen and oxygen atoms in total. The molecule has 1 N–H and O–H groups in total. The summed E-state index contributed by atoms with van der Waals surface area (Å²) in [4.78, 5) is 0. The SMILES string of the molecule is Cn1nc(C2CCNCC2)cc1C1CCCCC1. The Morgan fingerprint density at radius 3 is 2.50 bits per heavy atom. The van der Waals surface area contributed by atoms with Gasteiger partial charge in [0.05, 0.1) is 5.69 Å². The molecule has 0 aromatic carbocycles. The minimum absolute atomic E-state index is 0.690. The van der Waals surface area contributed by atoms with E-state index in [0.717, 1.165) is 19.0 Å². The van der Waals surface area contributed by atoms with Gasteiger partial charge in [-0.3, -0.25) is 4.68 Å². The van der Waals surface area contributed by atoms with Gasteiger partial charge in [-0.15, -0.1) is 0 Å². The summed E-state index contributed by atoms with van der Waals surface area (Å²) in [5.74, 6) is 1.46. The summed E-state index contributed by atoms with van der Waals surface area (Å²) >= 11 is 0. The Kier molecular flexibility index (Phi) is 3.69. The van der Waals surface area contributed by atoms with Gasteiger partial charge >= 0.3 is 0 Å². The summed E-state index contributed by atoms with van der Waals surface area (Å²) in [6.07, 6.45) is 9.46. The zero-order chi connectivity index (χ0) is 12.4. The van der Waals surface area contributed by atoms with Crippen molar-refractivity contribution in [3.8, 4) is 0 Å². The first-order valence-corrected chi connectivity index (χ1v) is 7.59. The molecule has 0 unspecified atom stereocenters. The zero-order valence-corrected chi connectivity index (χ0v) is 11.5. The third-order valence-electron chi connectivity index (χ3n) is 4.72. The van der Waals surface area contributed by atoms with Crippen molar-refractivity contribution in [1.82, 2.24) is 15.1 Å². The minimum Gasteiger partial charge on any atom is -0.317 e. The van der Waals surface area contributed by atoms with E-state index >= 15 is 0 Å². The van der Waals surface area contributed by atoms with E-state index in [1.165, 1.54) is 56.3 Å². The van der Waals surface area contributed by atoms with Crippen LogP contribution in [0.2, 0.25) is 0 Å². The fourth-order valence-electron chi connectivity index (χ4n) is 3.60. The number of hydrogen-bond acceptors (Lipinski definition) is 2. The fourth-order valence-corrected chi connectivity index (χ4v) is 3.60. The molecule has 2 fully saturated rings. The van der Waals surface area contributed by atoms with Crippen LogP contribution in [0.15, 0.2) is 6.07 Å². The molecule has 18 heavy (non-hydrogen) atoms. The van der Waals surface area contributed by atoms with E-state index in [4.69, 9.17) is 5.10 Å². The summed E-state index contributed by atoms with van der Waals surface area (Å²) in [6, 6.07) is 2.41. The Balaban J connectivity index is 1.76. The van der Waals surface area contributed by atoms with E-state index in [1.807, 2.05) is 0 Å². The molecule has 1 saturated carbocycles. The standard InChI is InChI=1S/C15H25N3/c1-18-15(13-5-3-2-4-6-13)11-14(17-18)12-7-9-16-10-8-12/h11-13,16H,2-10H2,1H3. The molecule has 1 aromatic heterocycles. The van der Waals surface area contributed by atoms with Crippen LogP contribution in [-0.2, 0) is 7.05 Å². The second-order valence-corrected chi connectivity index (χ2v) is 5.98. The van der Waals surface area contributed by atoms with Crippen LogP contribution in [0.3, 0.4) is 0 Å². The van der Waals surface area contributed by atoms with Gasteiger partial charge in [-0.25, -0.2) is 0 Å². The monoisotopic (exact) mass is 247 g/mol. The highest BCUT2D eigenvalue weighted by Gasteiger charge is 2.23. The van der Waals surface area contributed by atoms with E-state index in [0.29, 0.717) is 5.92 Å². The highest BCUT2D eigenvalue weighted by atomic mass is 15.3. The Morgan fingerprint density at radius 2 is 1.78 bits per heavy atom. The smallest absolute Gasteiger partial charge is 0.0659 e. The molecule has 0 bridgehead atoms. The number of aryl methyl sites for hydroxylation is 1. The van der Waals surface area contributed by atoms with E-state index in [9.17, 15) is 0 Å². The average molecular weight is 247 g/mol. The van der Waals surface area contributed by atoms with Crippen LogP contribution < -0.4 is 5.32 Å². The van der Waals surface area contributed by atoms with Gasteiger partial charge in [0.2, 0.25) is 0 Å². The first-order chi connectivity index (χ1) is 8.84. The normalized spacial score (nSPS) is 23.4. The second kappa shape index (κ2) is 5.43. The first kappa shape index (κ1) is 12.2. The topological polar surface area (TPSA) is 29.9 Å². The molecule has 1 aromatic rings. The summed E-state index contributed by atoms with van der Waals surface area (Å²) in [6.45, 7) is 2.31. The molecule has 3 heteroatoms. The van der Waals surface area contributed by atoms with E-state index < -0.39 is 0 Å². The van der Waals surface area contributed by atoms with Crippen LogP contribution in [-0.4, -0.2) is 22.9 Å². The summed E-state index contributed by atoms with van der Waals surface area (Å²) < 4.78 is 2.16. The maximum atomic E-state index is 4.80. The number of aromatic nitrogens is 2. The molecule has 0 radical (unpaired) electrons. The fraction of sp³-hybridized carbons (Fsp3) is 0.800. The summed E-state index contributed by atoms with van der Waals surface area (Å²) in [5.41, 5.74) is 2.84. The lowest BCUT2D eigenvalue weighted by Crippen LogP contribution is -2.26. The zero-order valence-electron chi connectivity index (χ0n) is 11.5. The lowest BCUT2D eigenvalue weighted by Gasteiger charge is -2.21. The molecule has 100 valence electrons. The largest absolute Gasteiger partial charge is 0.317 e. The first-order valence-electron chi connectivity index (χ1n) is 7.59. The van der Waals surface area contributed by atoms with Crippen molar-refractivity contribution in [3.63, 3.8) is 0 Å². The number of piperidine rings is 1. The number of nitrogens with zero attached hydrogens (tertiary/aromatic N) is 2. The van der Waals surface area contributed by atoms with Gasteiger partial charge in [0.15, 0.2) is 0 Å². The van der Waals surface area contributed by atoms with Crippen LogP contribution in [0.1, 0.15) is 68.2 Å². The van der Waals surface area contributed by atoms with Crippen molar-refractivity contribution in [2.24, 2.45) is 7.05 Å². The maximum Gasteiger partial charge on any atom is 0.0659 e. The second-order valence-electron chi connectivity index (χ2n) is 5.98. The molecule has 3 rings (SSSR count). The van der Waals surface area contributed by atoms with Crippen LogP contribution in [0.25, 0.3) is 0 Å². The van der Waals surface area contributed by atoms with E-state index in [2.05, 4.69) is 23.1 Å². The van der Waals surface area contributed by atoms with E-state index in [1.54, 1.807) is 0 Å². The molecule has 2 heterocycles. The molecule has 0 amide bonds. The van der Waals surface area contributed by atoms with Gasteiger partial charge in [-0.1, -0.05) is 19.3 Å². The quantitative estimate of drug-likeness (QED) is 0.871. The lowest BCUT2D eigenvalue weighted by atomic mass is 9.86. The van der Waals surface area contributed by atoms with Gasteiger partial charge < -0.3 is 5.32 Å². The predicted molar refractivity (Wildman–Crippen MR) is 73.9 cm³/mol. The van der Waals surface area contributed by atoms with Gasteiger partial charge in [0, 0.05) is 24.6 Å². The van der Waals surface area contributed by atoms with Crippen LogP contribution >= 0.6 is 0 Å². The van der Waals surface area contributed by atoms with Gasteiger partial charge in [-0.2, -0.15) is 5.10 Å². The third-order valence-corrected chi connectivity index (χ3v) is 4.72. The van der Waals surface area contributed by atoms with Crippen molar-refractivity contribution in [3.05, 3.63) is 17.5 Å². The van der Waals surface area contributed by atoms with Crippen LogP contribution in [0.5, 0.6) is 0 Å². The van der Waals surface area contributed by atoms with Crippen molar-refractivity contribution in [1.29, 1.82) is 0 Å². The van der Waals surface area contributed by atoms with Crippen molar-refractivity contribution in [2.45, 2.75) is 56.8 Å². The van der Waals surface area contributed by atoms with E-state index in [-0.39, 0.29) is 0 Å². The Labute approximate surface area is 110 Å². The Hall–Kier alpha value is -0.830. The van der Waals surface area contributed by atoms with Crippen molar-refractivity contribution in [2.75, 3.05) is 13.1 Å². The predicted octanol–water partition coefficient (Wildman–Crippen LogP) is 2.93. The van der Waals surface area contributed by atoms with Gasteiger partial charge in [-0.05, 0) is 44.8 Å². The number of hydrogen-bond donors (Lipinski definition) is 1. The third kappa shape index (κ3) is 2.46. The minimum atomic E-state index is 0.690. The van der Waals surface area contributed by atoms with Crippen LogP contribution in [0, 0.1) is 0 Å². The summed E-state index contributed by atoms with van der Waals surface area (Å²) in [7, 11) is 2.13. The lowest BCUT2D eigenvalue weighted by molar-refractivity contribution is 0.423. The van der Waals surface area contributed by atoms with Crippen molar-refractivity contribution >= 4 is 0 Å². The Bertz CT molecular complexity index is 384. The molecule has 1 aliphatic carbocycles. The van der Waals surface area contributed by atoms with Gasteiger partial charge in [0.25, 0.3) is 0 Å². The van der Waals surface area contributed by atoms with Crippen molar-refractivity contribution < 1.29 is 0 Å². The molecular weight excluding hydrogens is 222 g/mol. The maximum absolute atomic E-state index is 4.80. The molecule has 2 aliphatic rings. The average Bonchev–Trinajstić information content (AvgIpc) is 2.83. The molecule has 1 aliphatic heterocycles. The number of nitrogens with one attached hydrogen (secondary N) is 1. The van der Waals surface area contributed by atoms with Crippen LogP contribution in [0.4, 0.5) is 0 Å². The summed E-state index contributed by atoms with van der Waals surface area (Å²) in [5, 5.41) is 8.23. The highest BCUT2D eigenvalue weighted by molar-refractivity contribution is 5.19. The Morgan fingerprint density at radius 1 is 1.06 bits per heavy atom. The highest BCUT2D eigenvalue weighted by Crippen LogP contribution is 2.34. The molecule has 1 saturated heterocycles. The molecule has 0 atom stereocenters. The van der Waals surface area contributed by atoms with Gasteiger partial charge in [0.1, 0.15) is 0 Å². The molecule has 0 spiro atoms.